The molecule has 3 nitrogen and oxygen atoms in total. The van der Waals surface area contributed by atoms with Gasteiger partial charge in [-0.05, 0) is 6.42 Å². The van der Waals surface area contributed by atoms with E-state index in [1.807, 2.05) is 0 Å². The van der Waals surface area contributed by atoms with Crippen molar-refractivity contribution in [3.05, 3.63) is 0 Å². The Morgan fingerprint density at radius 3 is 1.89 bits per heavy atom. The lowest BCUT2D eigenvalue weighted by atomic mass is 10.4. The molecule has 0 spiro atoms. The van der Waals surface area contributed by atoms with E-state index in [0.29, 0.717) is 0 Å². The fraction of sp³-hybridized carbons (Fsp3) is 1.00. The summed E-state index contributed by atoms with van der Waals surface area (Å²) in [6, 6.07) is 0. The molecule has 0 aliphatic heterocycles. The molecule has 0 aliphatic carbocycles. The molecule has 0 radical (unpaired) electrons. The SMILES string of the molecule is CCCCCl.O=[P+](O)O. The van der Waals surface area contributed by atoms with Gasteiger partial charge in [-0.2, -0.15) is 0 Å². The monoisotopic (exact) mass is 173 g/mol. The minimum atomic E-state index is -2.87. The standard InChI is InChI=1S/C4H9Cl.HO3P/c1-2-3-4-5;1-4(2)3/h2-4H2,1H3;(H-,1,2,3)/p+1. The van der Waals surface area contributed by atoms with Gasteiger partial charge in [0.1, 0.15) is 0 Å². The van der Waals surface area contributed by atoms with E-state index in [9.17, 15) is 0 Å². The topological polar surface area (TPSA) is 57.5 Å². The molecule has 9 heavy (non-hydrogen) atoms. The summed E-state index contributed by atoms with van der Waals surface area (Å²) in [5.74, 6) is 0.816. The predicted molar refractivity (Wildman–Crippen MR) is 37.7 cm³/mol. The normalized spacial score (nSPS) is 7.56. The minimum absolute atomic E-state index is 0.816. The van der Waals surface area contributed by atoms with Crippen LogP contribution in [-0.4, -0.2) is 15.7 Å². The number of rotatable bonds is 2. The van der Waals surface area contributed by atoms with Gasteiger partial charge in [0.15, 0.2) is 0 Å². The fourth-order valence-corrected chi connectivity index (χ4v) is 0.401. The van der Waals surface area contributed by atoms with E-state index in [-0.39, 0.29) is 0 Å². The molecule has 2 N–H and O–H groups in total. The van der Waals surface area contributed by atoms with Crippen LogP contribution in [0.5, 0.6) is 0 Å². The summed E-state index contributed by atoms with van der Waals surface area (Å²) in [6.45, 7) is 2.13. The molecule has 0 aliphatic rings. The first kappa shape index (κ1) is 12.0. The van der Waals surface area contributed by atoms with Gasteiger partial charge in [0.25, 0.3) is 0 Å². The summed E-state index contributed by atoms with van der Waals surface area (Å²) in [4.78, 5) is 14.2. The van der Waals surface area contributed by atoms with Gasteiger partial charge in [-0.25, -0.2) is 0 Å². The van der Waals surface area contributed by atoms with Gasteiger partial charge >= 0.3 is 8.25 Å². The van der Waals surface area contributed by atoms with Crippen LogP contribution in [0.25, 0.3) is 0 Å². The molecule has 0 aromatic carbocycles. The molecule has 0 rings (SSSR count). The lowest BCUT2D eigenvalue weighted by molar-refractivity contribution is 0.405. The van der Waals surface area contributed by atoms with E-state index < -0.39 is 8.25 Å². The summed E-state index contributed by atoms with van der Waals surface area (Å²) in [6.07, 6.45) is 2.37. The molecule has 0 heterocycles. The van der Waals surface area contributed by atoms with Crippen molar-refractivity contribution in [3.63, 3.8) is 0 Å². The van der Waals surface area contributed by atoms with Crippen molar-refractivity contribution in [3.8, 4) is 0 Å². The Morgan fingerprint density at radius 1 is 1.56 bits per heavy atom. The maximum Gasteiger partial charge on any atom is 0.692 e. The van der Waals surface area contributed by atoms with Crippen molar-refractivity contribution < 1.29 is 14.4 Å². The zero-order valence-electron chi connectivity index (χ0n) is 5.25. The molecular formula is C4H11ClO3P+. The van der Waals surface area contributed by atoms with E-state index in [2.05, 4.69) is 6.92 Å². The average Bonchev–Trinajstić information content (AvgIpc) is 1.66. The molecule has 0 atom stereocenters. The molecule has 0 saturated heterocycles. The first-order valence-electron chi connectivity index (χ1n) is 2.56. The van der Waals surface area contributed by atoms with Crippen LogP contribution < -0.4 is 0 Å². The summed E-state index contributed by atoms with van der Waals surface area (Å²) in [5.41, 5.74) is 0. The first-order chi connectivity index (χ1) is 4.15. The summed E-state index contributed by atoms with van der Waals surface area (Å²) in [5, 5.41) is 0. The van der Waals surface area contributed by atoms with Crippen LogP contribution in [-0.2, 0) is 4.57 Å². The van der Waals surface area contributed by atoms with Crippen LogP contribution in [0.1, 0.15) is 19.8 Å². The van der Waals surface area contributed by atoms with Crippen molar-refractivity contribution in [2.45, 2.75) is 19.8 Å². The highest BCUT2D eigenvalue weighted by molar-refractivity contribution is 7.30. The third-order valence-corrected chi connectivity index (χ3v) is 0.754. The second kappa shape index (κ2) is 11.2. The molecule has 0 aromatic rings. The van der Waals surface area contributed by atoms with Gasteiger partial charge in [0.2, 0.25) is 0 Å². The fourth-order valence-electron chi connectivity index (χ4n) is 0.134. The first-order valence-corrected chi connectivity index (χ1v) is 4.26. The molecular weight excluding hydrogens is 162 g/mol. The molecule has 0 unspecified atom stereocenters. The molecule has 0 bridgehead atoms. The van der Waals surface area contributed by atoms with Crippen molar-refractivity contribution in [2.24, 2.45) is 0 Å². The second-order valence-electron chi connectivity index (χ2n) is 1.30. The van der Waals surface area contributed by atoms with Gasteiger partial charge in [0, 0.05) is 10.4 Å². The predicted octanol–water partition coefficient (Wildman–Crippen LogP) is 1.65. The third-order valence-electron chi connectivity index (χ3n) is 0.487. The molecule has 0 aromatic heterocycles. The van der Waals surface area contributed by atoms with Crippen LogP contribution in [0.3, 0.4) is 0 Å². The zero-order chi connectivity index (χ0) is 7.70. The Bertz CT molecular complexity index is 62.8. The van der Waals surface area contributed by atoms with E-state index in [1.54, 1.807) is 0 Å². The average molecular weight is 174 g/mol. The number of hydrogen-bond donors (Lipinski definition) is 2. The smallest absolute Gasteiger partial charge is 0.134 e. The van der Waals surface area contributed by atoms with Crippen molar-refractivity contribution in [1.29, 1.82) is 0 Å². The third kappa shape index (κ3) is 62.0. The molecule has 5 heteroatoms. The van der Waals surface area contributed by atoms with Crippen LogP contribution in [0.2, 0.25) is 0 Å². The highest BCUT2D eigenvalue weighted by atomic mass is 35.5. The molecule has 0 saturated carbocycles. The Kier molecular flexibility index (Phi) is 14.9. The summed E-state index contributed by atoms with van der Waals surface area (Å²) < 4.78 is 8.70. The molecule has 56 valence electrons. The second-order valence-corrected chi connectivity index (χ2v) is 2.18. The van der Waals surface area contributed by atoms with Crippen LogP contribution in [0.4, 0.5) is 0 Å². The quantitative estimate of drug-likeness (QED) is 0.493. The van der Waals surface area contributed by atoms with Crippen LogP contribution >= 0.6 is 19.9 Å². The zero-order valence-corrected chi connectivity index (χ0v) is 6.90. The van der Waals surface area contributed by atoms with Gasteiger partial charge in [-0.1, -0.05) is 13.3 Å². The number of alkyl halides is 1. The van der Waals surface area contributed by atoms with E-state index in [1.165, 1.54) is 6.42 Å². The van der Waals surface area contributed by atoms with Crippen molar-refractivity contribution in [1.82, 2.24) is 0 Å². The largest absolute Gasteiger partial charge is 0.692 e. The number of halogens is 1. The van der Waals surface area contributed by atoms with Crippen LogP contribution in [0, 0.1) is 0 Å². The van der Waals surface area contributed by atoms with Gasteiger partial charge in [0.05, 0.1) is 0 Å². The van der Waals surface area contributed by atoms with Crippen molar-refractivity contribution in [2.75, 3.05) is 5.88 Å². The van der Waals surface area contributed by atoms with E-state index in [4.69, 9.17) is 26.0 Å². The number of unbranched alkanes of at least 4 members (excludes halogenated alkanes) is 1. The minimum Gasteiger partial charge on any atom is -0.134 e. The Hall–Kier alpha value is 0.310. The van der Waals surface area contributed by atoms with E-state index in [0.717, 1.165) is 12.3 Å². The summed E-state index contributed by atoms with van der Waals surface area (Å²) in [7, 11) is -2.87. The lowest BCUT2D eigenvalue weighted by Gasteiger charge is -1.77. The van der Waals surface area contributed by atoms with Gasteiger partial charge in [-0.3, -0.25) is 0 Å². The van der Waals surface area contributed by atoms with Gasteiger partial charge < -0.3 is 0 Å². The van der Waals surface area contributed by atoms with Gasteiger partial charge in [-0.15, -0.1) is 21.4 Å². The van der Waals surface area contributed by atoms with E-state index >= 15 is 0 Å². The lowest BCUT2D eigenvalue weighted by Crippen LogP contribution is -1.65. The molecule has 0 amide bonds. The Labute approximate surface area is 60.6 Å². The maximum absolute atomic E-state index is 8.70. The Balaban J connectivity index is 0. The molecule has 0 fully saturated rings. The highest BCUT2D eigenvalue weighted by Crippen LogP contribution is 1.98. The van der Waals surface area contributed by atoms with Crippen molar-refractivity contribution >= 4 is 19.9 Å². The number of hydrogen-bond acceptors (Lipinski definition) is 1. The summed E-state index contributed by atoms with van der Waals surface area (Å²) >= 11 is 5.30. The highest BCUT2D eigenvalue weighted by Gasteiger charge is 1.93. The maximum atomic E-state index is 8.70. The Morgan fingerprint density at radius 2 is 1.89 bits per heavy atom. The van der Waals surface area contributed by atoms with Crippen LogP contribution in [0.15, 0.2) is 0 Å².